The Kier molecular flexibility index (Phi) is 3.72. The quantitative estimate of drug-likeness (QED) is 0.690. The van der Waals surface area contributed by atoms with E-state index in [1.54, 1.807) is 24.5 Å². The summed E-state index contributed by atoms with van der Waals surface area (Å²) in [5.41, 5.74) is 5.60. The van der Waals surface area contributed by atoms with Gasteiger partial charge in [0.25, 0.3) is 0 Å². The molecule has 0 aliphatic heterocycles. The number of nitrogens with zero attached hydrogens (tertiary/aromatic N) is 2. The number of pyridine rings is 1. The molecule has 108 valence electrons. The lowest BCUT2D eigenvalue weighted by Gasteiger charge is -2.13. The lowest BCUT2D eigenvalue weighted by molar-refractivity contribution is 0.279. The summed E-state index contributed by atoms with van der Waals surface area (Å²) in [5, 5.41) is 22.7. The van der Waals surface area contributed by atoms with Gasteiger partial charge in [0, 0.05) is 29.6 Å². The summed E-state index contributed by atoms with van der Waals surface area (Å²) in [5.74, 6) is 0.132. The highest BCUT2D eigenvalue weighted by Crippen LogP contribution is 2.26. The second kappa shape index (κ2) is 5.67. The van der Waals surface area contributed by atoms with Crippen molar-refractivity contribution in [3.8, 4) is 5.75 Å². The van der Waals surface area contributed by atoms with Crippen LogP contribution in [0.15, 0.2) is 29.9 Å². The van der Waals surface area contributed by atoms with Gasteiger partial charge < -0.3 is 15.5 Å². The summed E-state index contributed by atoms with van der Waals surface area (Å²) in [6, 6.07) is 5.93. The van der Waals surface area contributed by atoms with Crippen LogP contribution in [0.2, 0.25) is 0 Å². The fraction of sp³-hybridized carbons (Fsp3) is 0.200. The summed E-state index contributed by atoms with van der Waals surface area (Å²) in [7, 11) is 0. The van der Waals surface area contributed by atoms with Gasteiger partial charge in [0.1, 0.15) is 5.75 Å². The molecular weight excluding hydrogens is 286 g/mol. The molecule has 0 fully saturated rings. The van der Waals surface area contributed by atoms with Crippen molar-refractivity contribution in [3.63, 3.8) is 0 Å². The Labute approximate surface area is 125 Å². The lowest BCUT2D eigenvalue weighted by atomic mass is 10.1. The highest BCUT2D eigenvalue weighted by molar-refractivity contribution is 7.16. The number of fused-ring (bicyclic) bond motifs is 1. The van der Waals surface area contributed by atoms with Crippen LogP contribution in [0.5, 0.6) is 5.75 Å². The van der Waals surface area contributed by atoms with Crippen molar-refractivity contribution < 1.29 is 10.2 Å². The van der Waals surface area contributed by atoms with E-state index in [0.29, 0.717) is 23.4 Å². The van der Waals surface area contributed by atoms with Crippen molar-refractivity contribution in [1.29, 1.82) is 0 Å². The standard InChI is InChI=1S/C15H15N3O2S/c1-9-15(20)12(10(7-19)5-16-9)6-17-11-2-3-13-14(4-11)21-8-18-13/h2-5,8,17,19-20H,6-7H2,1H3. The Balaban J connectivity index is 1.85. The third kappa shape index (κ3) is 2.68. The molecule has 3 N–H and O–H groups in total. The first-order valence-electron chi connectivity index (χ1n) is 6.53. The number of thiazole rings is 1. The molecule has 2 heterocycles. The van der Waals surface area contributed by atoms with Crippen molar-refractivity contribution in [2.75, 3.05) is 5.32 Å². The normalized spacial score (nSPS) is 11.0. The summed E-state index contributed by atoms with van der Waals surface area (Å²) in [4.78, 5) is 8.30. The van der Waals surface area contributed by atoms with Crippen LogP contribution in [0.3, 0.4) is 0 Å². The smallest absolute Gasteiger partial charge is 0.142 e. The van der Waals surface area contributed by atoms with Gasteiger partial charge in [-0.05, 0) is 25.1 Å². The molecule has 0 amide bonds. The van der Waals surface area contributed by atoms with E-state index in [1.807, 2.05) is 23.7 Å². The summed E-state index contributed by atoms with van der Waals surface area (Å²) in [6.07, 6.45) is 1.60. The van der Waals surface area contributed by atoms with Crippen molar-refractivity contribution in [3.05, 3.63) is 46.7 Å². The second-order valence-corrected chi connectivity index (χ2v) is 5.63. The van der Waals surface area contributed by atoms with E-state index in [9.17, 15) is 10.2 Å². The number of aromatic nitrogens is 2. The Morgan fingerprint density at radius 3 is 2.95 bits per heavy atom. The molecule has 0 bridgehead atoms. The highest BCUT2D eigenvalue weighted by atomic mass is 32.1. The Bertz CT molecular complexity index is 786. The minimum Gasteiger partial charge on any atom is -0.506 e. The average molecular weight is 301 g/mol. The SMILES string of the molecule is Cc1ncc(CO)c(CNc2ccc3ncsc3c2)c1O. The molecule has 0 saturated carbocycles. The molecule has 0 atom stereocenters. The van der Waals surface area contributed by atoms with Crippen molar-refractivity contribution >= 4 is 27.2 Å². The molecule has 21 heavy (non-hydrogen) atoms. The van der Waals surface area contributed by atoms with Crippen LogP contribution < -0.4 is 5.32 Å². The molecular formula is C15H15N3O2S. The molecule has 0 aliphatic carbocycles. The molecule has 0 saturated heterocycles. The molecule has 2 aromatic heterocycles. The third-order valence-corrected chi connectivity index (χ3v) is 4.19. The van der Waals surface area contributed by atoms with Crippen LogP contribution in [0.1, 0.15) is 16.8 Å². The van der Waals surface area contributed by atoms with Gasteiger partial charge in [-0.25, -0.2) is 4.98 Å². The molecule has 3 rings (SSSR count). The number of anilines is 1. The first-order valence-corrected chi connectivity index (χ1v) is 7.41. The van der Waals surface area contributed by atoms with Crippen LogP contribution in [-0.2, 0) is 13.2 Å². The topological polar surface area (TPSA) is 78.3 Å². The number of rotatable bonds is 4. The van der Waals surface area contributed by atoms with E-state index in [0.717, 1.165) is 15.9 Å². The van der Waals surface area contributed by atoms with Gasteiger partial charge in [-0.1, -0.05) is 0 Å². The monoisotopic (exact) mass is 301 g/mol. The molecule has 6 heteroatoms. The largest absolute Gasteiger partial charge is 0.506 e. The predicted octanol–water partition coefficient (Wildman–Crippen LogP) is 2.81. The lowest BCUT2D eigenvalue weighted by Crippen LogP contribution is -2.05. The minimum atomic E-state index is -0.147. The van der Waals surface area contributed by atoms with Gasteiger partial charge in [-0.3, -0.25) is 4.98 Å². The predicted molar refractivity (Wildman–Crippen MR) is 83.5 cm³/mol. The molecule has 0 radical (unpaired) electrons. The minimum absolute atomic E-state index is 0.132. The van der Waals surface area contributed by atoms with Crippen LogP contribution >= 0.6 is 11.3 Å². The van der Waals surface area contributed by atoms with Crippen LogP contribution in [-0.4, -0.2) is 20.2 Å². The highest BCUT2D eigenvalue weighted by Gasteiger charge is 2.11. The van der Waals surface area contributed by atoms with E-state index < -0.39 is 0 Å². The van der Waals surface area contributed by atoms with Gasteiger partial charge in [0.2, 0.25) is 0 Å². The number of aliphatic hydroxyl groups is 1. The van der Waals surface area contributed by atoms with Crippen molar-refractivity contribution in [1.82, 2.24) is 9.97 Å². The number of hydrogen-bond acceptors (Lipinski definition) is 6. The Morgan fingerprint density at radius 2 is 2.14 bits per heavy atom. The zero-order chi connectivity index (χ0) is 14.8. The number of benzene rings is 1. The molecule has 0 spiro atoms. The van der Waals surface area contributed by atoms with Crippen LogP contribution in [0.25, 0.3) is 10.2 Å². The van der Waals surface area contributed by atoms with E-state index in [-0.39, 0.29) is 12.4 Å². The number of aliphatic hydroxyl groups excluding tert-OH is 1. The Hall–Kier alpha value is -2.18. The maximum Gasteiger partial charge on any atom is 0.142 e. The van der Waals surface area contributed by atoms with Gasteiger partial charge >= 0.3 is 0 Å². The number of nitrogens with one attached hydrogen (secondary N) is 1. The number of hydrogen-bond donors (Lipinski definition) is 3. The molecule has 1 aromatic carbocycles. The van der Waals surface area contributed by atoms with Crippen LogP contribution in [0.4, 0.5) is 5.69 Å². The molecule has 5 nitrogen and oxygen atoms in total. The fourth-order valence-corrected chi connectivity index (χ4v) is 2.89. The molecule has 3 aromatic rings. The first-order chi connectivity index (χ1) is 10.2. The summed E-state index contributed by atoms with van der Waals surface area (Å²) in [6.45, 7) is 2.02. The van der Waals surface area contributed by atoms with Gasteiger partial charge in [-0.2, -0.15) is 0 Å². The average Bonchev–Trinajstić information content (AvgIpc) is 2.96. The van der Waals surface area contributed by atoms with E-state index >= 15 is 0 Å². The van der Waals surface area contributed by atoms with Gasteiger partial charge in [0.05, 0.1) is 28.0 Å². The molecule has 0 aliphatic rings. The van der Waals surface area contributed by atoms with E-state index in [2.05, 4.69) is 15.3 Å². The number of aryl methyl sites for hydroxylation is 1. The van der Waals surface area contributed by atoms with E-state index in [1.165, 1.54) is 0 Å². The molecule has 0 unspecified atom stereocenters. The van der Waals surface area contributed by atoms with E-state index in [4.69, 9.17) is 0 Å². The summed E-state index contributed by atoms with van der Waals surface area (Å²) >= 11 is 1.59. The van der Waals surface area contributed by atoms with Gasteiger partial charge in [-0.15, -0.1) is 11.3 Å². The number of aromatic hydroxyl groups is 1. The fourth-order valence-electron chi connectivity index (χ4n) is 2.17. The van der Waals surface area contributed by atoms with Gasteiger partial charge in [0.15, 0.2) is 0 Å². The second-order valence-electron chi connectivity index (χ2n) is 4.74. The Morgan fingerprint density at radius 1 is 1.29 bits per heavy atom. The van der Waals surface area contributed by atoms with Crippen LogP contribution in [0, 0.1) is 6.92 Å². The zero-order valence-corrected chi connectivity index (χ0v) is 12.3. The summed E-state index contributed by atoms with van der Waals surface area (Å²) < 4.78 is 1.11. The third-order valence-electron chi connectivity index (χ3n) is 3.40. The van der Waals surface area contributed by atoms with Crippen molar-refractivity contribution in [2.24, 2.45) is 0 Å². The zero-order valence-electron chi connectivity index (χ0n) is 11.5. The maximum absolute atomic E-state index is 10.1. The first kappa shape index (κ1) is 13.8. The van der Waals surface area contributed by atoms with Crippen molar-refractivity contribution in [2.45, 2.75) is 20.1 Å². The maximum atomic E-state index is 10.1.